The third kappa shape index (κ3) is 2.70. The quantitative estimate of drug-likeness (QED) is 0.701. The average Bonchev–Trinajstić information content (AvgIpc) is 2.03. The minimum absolute atomic E-state index is 0.0543. The predicted molar refractivity (Wildman–Crippen MR) is 50.2 cm³/mol. The first-order chi connectivity index (χ1) is 5.28. The molecule has 0 aromatic carbocycles. The summed E-state index contributed by atoms with van der Waals surface area (Å²) in [5.74, 6) is 0. The highest BCUT2D eigenvalue weighted by molar-refractivity contribution is 7.76. The van der Waals surface area contributed by atoms with Gasteiger partial charge in [0.2, 0.25) is 14.7 Å². The molecule has 6 heteroatoms. The molecular formula is C6H16O4P2. The maximum absolute atomic E-state index is 11.3. The summed E-state index contributed by atoms with van der Waals surface area (Å²) in [6.07, 6.45) is 0.109. The lowest BCUT2D eigenvalue weighted by atomic mass is 10.9. The van der Waals surface area contributed by atoms with Crippen molar-refractivity contribution in [3.8, 4) is 0 Å². The summed E-state index contributed by atoms with van der Waals surface area (Å²) >= 11 is 0. The monoisotopic (exact) mass is 214 g/mol. The van der Waals surface area contributed by atoms with Gasteiger partial charge in [-0.05, 0) is 6.92 Å². The molecule has 0 bridgehead atoms. The van der Waals surface area contributed by atoms with Crippen LogP contribution >= 0.6 is 14.7 Å². The normalized spacial score (nSPS) is 24.1. The van der Waals surface area contributed by atoms with E-state index in [4.69, 9.17) is 0 Å². The summed E-state index contributed by atoms with van der Waals surface area (Å²) in [5.41, 5.74) is 0. The Hall–Kier alpha value is 0.380. The lowest BCUT2D eigenvalue weighted by molar-refractivity contribution is 0.454. The van der Waals surface area contributed by atoms with Crippen LogP contribution in [0.15, 0.2) is 0 Å². The van der Waals surface area contributed by atoms with E-state index < -0.39 is 20.1 Å². The Morgan fingerprint density at radius 2 is 1.33 bits per heavy atom. The maximum atomic E-state index is 11.3. The topological polar surface area (TPSA) is 74.6 Å². The fraction of sp³-hybridized carbons (Fsp3) is 1.00. The summed E-state index contributed by atoms with van der Waals surface area (Å²) in [4.78, 5) is 18.6. The first-order valence-electron chi connectivity index (χ1n) is 3.91. The SMILES string of the molecule is CCP(=O)(O)C(C)P(=O)(O)CC. The largest absolute Gasteiger partial charge is 0.344 e. The predicted octanol–water partition coefficient (Wildman–Crippen LogP) is 1.91. The van der Waals surface area contributed by atoms with Crippen LogP contribution in [0.5, 0.6) is 0 Å². The molecule has 0 saturated heterocycles. The molecule has 12 heavy (non-hydrogen) atoms. The molecule has 74 valence electrons. The maximum Gasteiger partial charge on any atom is 0.212 e. The van der Waals surface area contributed by atoms with Gasteiger partial charge in [-0.2, -0.15) is 0 Å². The molecule has 0 spiro atoms. The second-order valence-electron chi connectivity index (χ2n) is 2.78. The molecule has 4 nitrogen and oxygen atoms in total. The molecule has 0 aromatic heterocycles. The van der Waals surface area contributed by atoms with Gasteiger partial charge in [0.1, 0.15) is 5.40 Å². The first-order valence-corrected chi connectivity index (χ1v) is 7.73. The van der Waals surface area contributed by atoms with E-state index in [2.05, 4.69) is 0 Å². The van der Waals surface area contributed by atoms with Gasteiger partial charge < -0.3 is 9.79 Å². The molecule has 2 N–H and O–H groups in total. The fourth-order valence-corrected chi connectivity index (χ4v) is 5.10. The number of rotatable bonds is 4. The first kappa shape index (κ1) is 12.4. The molecular weight excluding hydrogens is 198 g/mol. The van der Waals surface area contributed by atoms with Gasteiger partial charge in [-0.3, -0.25) is 9.13 Å². The Morgan fingerprint density at radius 3 is 1.50 bits per heavy atom. The molecule has 0 aromatic rings. The third-order valence-electron chi connectivity index (χ3n) is 2.07. The van der Waals surface area contributed by atoms with Crippen LogP contribution in [0.1, 0.15) is 20.8 Å². The number of hydrogen-bond donors (Lipinski definition) is 2. The zero-order valence-electron chi connectivity index (χ0n) is 7.60. The zero-order chi connectivity index (χ0) is 9.99. The summed E-state index contributed by atoms with van der Waals surface area (Å²) in [5, 5.41) is -0.986. The minimum Gasteiger partial charge on any atom is -0.344 e. The molecule has 0 rings (SSSR count). The van der Waals surface area contributed by atoms with Gasteiger partial charge in [0.05, 0.1) is 0 Å². The molecule has 0 amide bonds. The Kier molecular flexibility index (Phi) is 4.19. The van der Waals surface area contributed by atoms with Gasteiger partial charge in [-0.1, -0.05) is 13.8 Å². The summed E-state index contributed by atoms with van der Waals surface area (Å²) in [6, 6.07) is 0. The van der Waals surface area contributed by atoms with Crippen molar-refractivity contribution < 1.29 is 18.9 Å². The zero-order valence-corrected chi connectivity index (χ0v) is 9.39. The van der Waals surface area contributed by atoms with Crippen molar-refractivity contribution in [1.82, 2.24) is 0 Å². The highest BCUT2D eigenvalue weighted by atomic mass is 31.2. The Morgan fingerprint density at radius 1 is 1.08 bits per heavy atom. The molecule has 0 aliphatic carbocycles. The van der Waals surface area contributed by atoms with Crippen LogP contribution in [0.25, 0.3) is 0 Å². The van der Waals surface area contributed by atoms with Crippen molar-refractivity contribution >= 4 is 14.7 Å². The van der Waals surface area contributed by atoms with E-state index in [-0.39, 0.29) is 12.3 Å². The van der Waals surface area contributed by atoms with Gasteiger partial charge in [-0.15, -0.1) is 0 Å². The minimum atomic E-state index is -3.42. The molecule has 0 fully saturated rings. The van der Waals surface area contributed by atoms with Gasteiger partial charge in [-0.25, -0.2) is 0 Å². The molecule has 0 heterocycles. The molecule has 0 aliphatic heterocycles. The number of hydrogen-bond acceptors (Lipinski definition) is 2. The summed E-state index contributed by atoms with van der Waals surface area (Å²) in [6.45, 7) is 4.47. The van der Waals surface area contributed by atoms with Crippen LogP contribution in [0.2, 0.25) is 0 Å². The summed E-state index contributed by atoms with van der Waals surface area (Å²) in [7, 11) is -6.83. The van der Waals surface area contributed by atoms with Crippen LogP contribution in [0.4, 0.5) is 0 Å². The fourth-order valence-electron chi connectivity index (χ4n) is 0.810. The second-order valence-corrected chi connectivity index (χ2v) is 9.02. The third-order valence-corrected chi connectivity index (χ3v) is 8.39. The van der Waals surface area contributed by atoms with E-state index in [0.717, 1.165) is 0 Å². The van der Waals surface area contributed by atoms with E-state index in [0.29, 0.717) is 0 Å². The van der Waals surface area contributed by atoms with Crippen LogP contribution in [0.3, 0.4) is 0 Å². The molecule has 2 atom stereocenters. The average molecular weight is 214 g/mol. The van der Waals surface area contributed by atoms with Gasteiger partial charge in [0, 0.05) is 12.3 Å². The molecule has 0 aliphatic rings. The van der Waals surface area contributed by atoms with Gasteiger partial charge in [0.15, 0.2) is 0 Å². The van der Waals surface area contributed by atoms with Gasteiger partial charge >= 0.3 is 0 Å². The highest BCUT2D eigenvalue weighted by Gasteiger charge is 2.37. The summed E-state index contributed by atoms with van der Waals surface area (Å²) < 4.78 is 22.6. The lowest BCUT2D eigenvalue weighted by Crippen LogP contribution is -2.07. The van der Waals surface area contributed by atoms with Crippen molar-refractivity contribution in [2.24, 2.45) is 0 Å². The van der Waals surface area contributed by atoms with Crippen molar-refractivity contribution in [2.45, 2.75) is 26.2 Å². The van der Waals surface area contributed by atoms with Crippen LogP contribution in [-0.2, 0) is 9.13 Å². The van der Waals surface area contributed by atoms with E-state index in [9.17, 15) is 18.9 Å². The Balaban J connectivity index is 4.72. The van der Waals surface area contributed by atoms with Crippen molar-refractivity contribution in [1.29, 1.82) is 0 Å². The van der Waals surface area contributed by atoms with Crippen LogP contribution in [0, 0.1) is 0 Å². The highest BCUT2D eigenvalue weighted by Crippen LogP contribution is 2.63. The standard InChI is InChI=1S/C6H16O4P2/c1-4-11(7,8)6(3)12(9,10)5-2/h6H,4-5H2,1-3H3,(H,7,8)(H,9,10). The van der Waals surface area contributed by atoms with Crippen molar-refractivity contribution in [3.63, 3.8) is 0 Å². The van der Waals surface area contributed by atoms with Crippen molar-refractivity contribution in [3.05, 3.63) is 0 Å². The van der Waals surface area contributed by atoms with Gasteiger partial charge in [0.25, 0.3) is 0 Å². The van der Waals surface area contributed by atoms with Crippen molar-refractivity contribution in [2.75, 3.05) is 12.3 Å². The Bertz CT molecular complexity index is 214. The van der Waals surface area contributed by atoms with E-state index in [1.165, 1.54) is 6.92 Å². The lowest BCUT2D eigenvalue weighted by Gasteiger charge is -2.22. The second kappa shape index (κ2) is 4.06. The van der Waals surface area contributed by atoms with E-state index in [1.807, 2.05) is 0 Å². The Labute approximate surface area is 72.9 Å². The van der Waals surface area contributed by atoms with E-state index >= 15 is 0 Å². The van der Waals surface area contributed by atoms with Crippen LogP contribution < -0.4 is 0 Å². The molecule has 0 saturated carbocycles. The van der Waals surface area contributed by atoms with E-state index in [1.54, 1.807) is 13.8 Å². The molecule has 2 unspecified atom stereocenters. The van der Waals surface area contributed by atoms with Crippen LogP contribution in [-0.4, -0.2) is 27.5 Å². The smallest absolute Gasteiger partial charge is 0.212 e. The molecule has 0 radical (unpaired) electrons.